The summed E-state index contributed by atoms with van der Waals surface area (Å²) in [4.78, 5) is 2.45. The first-order chi connectivity index (χ1) is 29.8. The van der Waals surface area contributed by atoms with Gasteiger partial charge in [0.15, 0.2) is 0 Å². The van der Waals surface area contributed by atoms with E-state index in [1.165, 1.54) is 86.1 Å². The lowest BCUT2D eigenvalue weighted by Gasteiger charge is -2.34. The van der Waals surface area contributed by atoms with Gasteiger partial charge in [-0.1, -0.05) is 158 Å². The Kier molecular flexibility index (Phi) is 7.13. The number of benzene rings is 10. The molecule has 3 heteroatoms. The van der Waals surface area contributed by atoms with Crippen LogP contribution >= 0.6 is 11.3 Å². The number of anilines is 3. The van der Waals surface area contributed by atoms with E-state index in [1.54, 1.807) is 0 Å². The van der Waals surface area contributed by atoms with Crippen molar-refractivity contribution < 1.29 is 0 Å². The normalized spacial score (nSPS) is 13.1. The first kappa shape index (κ1) is 33.5. The zero-order chi connectivity index (χ0) is 39.4. The average molecular weight is 781 g/mol. The van der Waals surface area contributed by atoms with E-state index < -0.39 is 5.41 Å². The fourth-order valence-corrected chi connectivity index (χ4v) is 11.8. The third kappa shape index (κ3) is 4.58. The van der Waals surface area contributed by atoms with Crippen LogP contribution in [0.5, 0.6) is 0 Å². The van der Waals surface area contributed by atoms with Gasteiger partial charge in [0, 0.05) is 59.1 Å². The first-order valence-corrected chi connectivity index (χ1v) is 21.5. The summed E-state index contributed by atoms with van der Waals surface area (Å²) in [5, 5.41) is 7.82. The number of hydrogen-bond donors (Lipinski definition) is 0. The number of thiophene rings is 1. The minimum atomic E-state index is -0.453. The molecule has 1 aliphatic rings. The lowest BCUT2D eigenvalue weighted by Crippen LogP contribution is -2.28. The van der Waals surface area contributed by atoms with Crippen LogP contribution in [0.2, 0.25) is 0 Å². The Morgan fingerprint density at radius 1 is 0.400 bits per heavy atom. The topological polar surface area (TPSA) is 8.17 Å². The lowest BCUT2D eigenvalue weighted by atomic mass is 9.68. The van der Waals surface area contributed by atoms with Crippen molar-refractivity contribution in [3.8, 4) is 16.8 Å². The maximum absolute atomic E-state index is 2.50. The fraction of sp³-hybridized carbons (Fsp3) is 0.0175. The van der Waals surface area contributed by atoms with Crippen molar-refractivity contribution in [1.29, 1.82) is 0 Å². The smallest absolute Gasteiger partial charge is 0.0713 e. The Labute approximate surface area is 351 Å². The molecule has 0 atom stereocenters. The van der Waals surface area contributed by atoms with Gasteiger partial charge in [0.05, 0.1) is 16.4 Å². The van der Waals surface area contributed by atoms with Gasteiger partial charge in [0.2, 0.25) is 0 Å². The number of aromatic nitrogens is 1. The van der Waals surface area contributed by atoms with Crippen molar-refractivity contribution in [3.63, 3.8) is 0 Å². The van der Waals surface area contributed by atoms with Crippen molar-refractivity contribution in [1.82, 2.24) is 4.57 Å². The molecule has 0 spiro atoms. The van der Waals surface area contributed by atoms with Crippen molar-refractivity contribution >= 4 is 81.1 Å². The second-order valence-corrected chi connectivity index (χ2v) is 17.1. The second-order valence-electron chi connectivity index (χ2n) is 16.0. The number of fused-ring (bicyclic) bond motifs is 7. The van der Waals surface area contributed by atoms with Crippen LogP contribution < -0.4 is 4.90 Å². The van der Waals surface area contributed by atoms with Gasteiger partial charge in [-0.2, -0.15) is 0 Å². The molecule has 0 bridgehead atoms. The summed E-state index contributed by atoms with van der Waals surface area (Å²) in [6.45, 7) is 0. The molecule has 0 radical (unpaired) electrons. The van der Waals surface area contributed by atoms with Crippen LogP contribution in [0.1, 0.15) is 22.3 Å². The third-order valence-corrected chi connectivity index (χ3v) is 14.2. The third-order valence-electron chi connectivity index (χ3n) is 13.0. The van der Waals surface area contributed by atoms with Crippen LogP contribution in [0.3, 0.4) is 0 Å². The molecule has 0 N–H and O–H groups in total. The van der Waals surface area contributed by atoms with E-state index >= 15 is 0 Å². The molecule has 13 rings (SSSR count). The lowest BCUT2D eigenvalue weighted by molar-refractivity contribution is 0.768. The van der Waals surface area contributed by atoms with Gasteiger partial charge in [-0.05, 0) is 99.4 Å². The van der Waals surface area contributed by atoms with E-state index in [0.717, 1.165) is 22.7 Å². The van der Waals surface area contributed by atoms with Crippen LogP contribution in [-0.4, -0.2) is 4.57 Å². The molecule has 0 amide bonds. The Morgan fingerprint density at radius 3 is 1.80 bits per heavy atom. The number of hydrogen-bond acceptors (Lipinski definition) is 2. The molecule has 2 nitrogen and oxygen atoms in total. The highest BCUT2D eigenvalue weighted by Crippen LogP contribution is 2.57. The molecule has 2 heterocycles. The van der Waals surface area contributed by atoms with Gasteiger partial charge >= 0.3 is 0 Å². The van der Waals surface area contributed by atoms with E-state index in [1.807, 2.05) is 11.3 Å². The summed E-state index contributed by atoms with van der Waals surface area (Å²) in [6.07, 6.45) is 0. The highest BCUT2D eigenvalue weighted by molar-refractivity contribution is 7.26. The maximum Gasteiger partial charge on any atom is 0.0713 e. The summed E-state index contributed by atoms with van der Waals surface area (Å²) >= 11 is 1.91. The molecule has 1 aliphatic carbocycles. The van der Waals surface area contributed by atoms with Crippen LogP contribution in [0, 0.1) is 0 Å². The van der Waals surface area contributed by atoms with Gasteiger partial charge in [0.1, 0.15) is 0 Å². The molecule has 0 unspecified atom stereocenters. The number of nitrogens with zero attached hydrogens (tertiary/aromatic N) is 2. The van der Waals surface area contributed by atoms with Gasteiger partial charge in [-0.3, -0.25) is 0 Å². The van der Waals surface area contributed by atoms with E-state index in [4.69, 9.17) is 0 Å². The zero-order valence-corrected chi connectivity index (χ0v) is 33.4. The van der Waals surface area contributed by atoms with Gasteiger partial charge < -0.3 is 9.47 Å². The quantitative estimate of drug-likeness (QED) is 0.153. The average Bonchev–Trinajstić information content (AvgIpc) is 3.96. The Balaban J connectivity index is 1.09. The summed E-state index contributed by atoms with van der Waals surface area (Å²) in [6, 6.07) is 80.9. The first-order valence-electron chi connectivity index (χ1n) is 20.7. The standard InChI is InChI=1S/C57H36N2S/c1-5-17-38(18-6-1)57(39-19-7-2-8-20-39)49-27-15-13-25-44(49)47-34-42(30-32-50(47)57)58(40-21-9-3-10-22-40)43-33-37-29-31-46-55-52(36-48-45-26-14-16-28-53(45)60-56(46)48)59(51(35-43)54(37)55)41-23-11-4-12-24-41/h1-36H. The SMILES string of the molecule is c1ccc(N(c2ccc3c(c2)-c2ccccc2C3(c2ccccc2)c2ccccc2)c2cc3ccc4c5sc6ccccc6c5cc5c4c3c(c2)n5-c2ccccc2)cc1. The molecule has 0 aliphatic heterocycles. The molecule has 10 aromatic carbocycles. The van der Waals surface area contributed by atoms with Gasteiger partial charge in [0.25, 0.3) is 0 Å². The van der Waals surface area contributed by atoms with E-state index in [9.17, 15) is 0 Å². The Hall–Kier alpha value is -7.46. The summed E-state index contributed by atoms with van der Waals surface area (Å²) < 4.78 is 5.18. The number of rotatable bonds is 6. The van der Waals surface area contributed by atoms with Crippen molar-refractivity contribution in [2.75, 3.05) is 4.90 Å². The van der Waals surface area contributed by atoms with Crippen molar-refractivity contribution in [2.24, 2.45) is 0 Å². The van der Waals surface area contributed by atoms with Gasteiger partial charge in [-0.15, -0.1) is 11.3 Å². The summed E-state index contributed by atoms with van der Waals surface area (Å²) in [5.41, 5.74) is 14.2. The van der Waals surface area contributed by atoms with Crippen LogP contribution in [0.15, 0.2) is 218 Å². The Bertz CT molecular complexity index is 3550. The van der Waals surface area contributed by atoms with E-state index in [-0.39, 0.29) is 0 Å². The largest absolute Gasteiger partial charge is 0.310 e. The molecular formula is C57H36N2S. The number of para-hydroxylation sites is 2. The molecule has 12 aromatic rings. The molecule has 2 aromatic heterocycles. The predicted molar refractivity (Wildman–Crippen MR) is 254 cm³/mol. The molecule has 0 fully saturated rings. The van der Waals surface area contributed by atoms with Crippen LogP contribution in [-0.2, 0) is 5.41 Å². The van der Waals surface area contributed by atoms with Crippen LogP contribution in [0.25, 0.3) is 69.6 Å². The molecule has 0 saturated carbocycles. The van der Waals surface area contributed by atoms with Crippen LogP contribution in [0.4, 0.5) is 17.1 Å². The van der Waals surface area contributed by atoms with E-state index in [0.29, 0.717) is 0 Å². The summed E-state index contributed by atoms with van der Waals surface area (Å²) in [7, 11) is 0. The molecule has 60 heavy (non-hydrogen) atoms. The molecular weight excluding hydrogens is 745 g/mol. The highest BCUT2D eigenvalue weighted by Gasteiger charge is 2.46. The maximum atomic E-state index is 2.50. The minimum Gasteiger partial charge on any atom is -0.310 e. The highest BCUT2D eigenvalue weighted by atomic mass is 32.1. The fourth-order valence-electron chi connectivity index (χ4n) is 10.6. The summed E-state index contributed by atoms with van der Waals surface area (Å²) in [5.74, 6) is 0. The van der Waals surface area contributed by atoms with Crippen molar-refractivity contribution in [3.05, 3.63) is 241 Å². The Morgan fingerprint density at radius 2 is 1.03 bits per heavy atom. The monoisotopic (exact) mass is 780 g/mol. The van der Waals surface area contributed by atoms with Gasteiger partial charge in [-0.25, -0.2) is 0 Å². The predicted octanol–water partition coefficient (Wildman–Crippen LogP) is 15.6. The second kappa shape index (κ2) is 12.8. The molecule has 0 saturated heterocycles. The van der Waals surface area contributed by atoms with E-state index in [2.05, 4.69) is 228 Å². The zero-order valence-electron chi connectivity index (χ0n) is 32.6. The van der Waals surface area contributed by atoms with Crippen molar-refractivity contribution in [2.45, 2.75) is 5.41 Å². The molecule has 280 valence electrons. The minimum absolute atomic E-state index is 0.453.